The number of benzene rings is 1. The Balaban J connectivity index is 1.84. The molecule has 2 aliphatic heterocycles. The standard InChI is InChI=1S/C17H24O7/c1-3-21-10-17(19)13(18)16(20-2)23-12-9-22-15(24-14(12)17)11-7-5-4-6-8-11/h4-8,12-16,18-19H,3,9-10H2,1-2H3/t12-,13+,14-,15?,16?,17-/m1/s1. The van der Waals surface area contributed by atoms with Crippen LogP contribution < -0.4 is 0 Å². The van der Waals surface area contributed by atoms with Gasteiger partial charge in [-0.1, -0.05) is 30.3 Å². The maximum Gasteiger partial charge on any atom is 0.186 e. The monoisotopic (exact) mass is 340 g/mol. The lowest BCUT2D eigenvalue weighted by molar-refractivity contribution is -0.388. The summed E-state index contributed by atoms with van der Waals surface area (Å²) in [6.07, 6.45) is -4.29. The van der Waals surface area contributed by atoms with Crippen LogP contribution in [0.15, 0.2) is 30.3 Å². The lowest BCUT2D eigenvalue weighted by atomic mass is 9.84. The molecule has 1 aromatic carbocycles. The number of aliphatic hydroxyl groups excluding tert-OH is 1. The molecule has 6 atom stereocenters. The van der Waals surface area contributed by atoms with Gasteiger partial charge in [0.2, 0.25) is 0 Å². The molecule has 0 radical (unpaired) electrons. The molecule has 2 fully saturated rings. The molecule has 0 aliphatic carbocycles. The fourth-order valence-corrected chi connectivity index (χ4v) is 3.13. The Morgan fingerprint density at radius 3 is 2.67 bits per heavy atom. The van der Waals surface area contributed by atoms with E-state index in [1.54, 1.807) is 0 Å². The molecule has 0 saturated carbocycles. The third kappa shape index (κ3) is 3.21. The first-order valence-electron chi connectivity index (χ1n) is 8.08. The summed E-state index contributed by atoms with van der Waals surface area (Å²) in [6.45, 7) is 2.35. The van der Waals surface area contributed by atoms with Gasteiger partial charge in [0.1, 0.15) is 23.9 Å². The lowest BCUT2D eigenvalue weighted by Crippen LogP contribution is -2.71. The Morgan fingerprint density at radius 2 is 2.00 bits per heavy atom. The van der Waals surface area contributed by atoms with Gasteiger partial charge in [-0.05, 0) is 6.92 Å². The van der Waals surface area contributed by atoms with Gasteiger partial charge in [0.25, 0.3) is 0 Å². The first-order valence-corrected chi connectivity index (χ1v) is 8.08. The summed E-state index contributed by atoms with van der Waals surface area (Å²) in [6, 6.07) is 9.42. The summed E-state index contributed by atoms with van der Waals surface area (Å²) in [5.41, 5.74) is -0.825. The van der Waals surface area contributed by atoms with Crippen LogP contribution in [-0.4, -0.2) is 67.3 Å². The van der Waals surface area contributed by atoms with E-state index in [1.165, 1.54) is 7.11 Å². The third-order valence-electron chi connectivity index (χ3n) is 4.43. The van der Waals surface area contributed by atoms with Gasteiger partial charge in [-0.2, -0.15) is 0 Å². The van der Waals surface area contributed by atoms with Crippen molar-refractivity contribution in [3.8, 4) is 0 Å². The zero-order valence-electron chi connectivity index (χ0n) is 13.8. The number of aliphatic hydroxyl groups is 2. The highest BCUT2D eigenvalue weighted by Crippen LogP contribution is 2.39. The lowest BCUT2D eigenvalue weighted by Gasteiger charge is -2.52. The van der Waals surface area contributed by atoms with E-state index >= 15 is 0 Å². The van der Waals surface area contributed by atoms with Gasteiger partial charge in [-0.25, -0.2) is 0 Å². The number of hydrogen-bond donors (Lipinski definition) is 2. The van der Waals surface area contributed by atoms with Gasteiger partial charge in [0, 0.05) is 19.3 Å². The predicted octanol–water partition coefficient (Wildman–Crippen LogP) is 0.600. The molecule has 7 heteroatoms. The third-order valence-corrected chi connectivity index (χ3v) is 4.43. The summed E-state index contributed by atoms with van der Waals surface area (Å²) in [5.74, 6) is 0. The summed E-state index contributed by atoms with van der Waals surface area (Å²) in [7, 11) is 1.41. The Morgan fingerprint density at radius 1 is 1.25 bits per heavy atom. The van der Waals surface area contributed by atoms with Crippen LogP contribution in [0.3, 0.4) is 0 Å². The van der Waals surface area contributed by atoms with Crippen LogP contribution in [0, 0.1) is 0 Å². The first-order chi connectivity index (χ1) is 11.6. The highest BCUT2D eigenvalue weighted by molar-refractivity contribution is 5.17. The van der Waals surface area contributed by atoms with Gasteiger partial charge in [-0.15, -0.1) is 0 Å². The van der Waals surface area contributed by atoms with Crippen LogP contribution in [0.2, 0.25) is 0 Å². The highest BCUT2D eigenvalue weighted by atomic mass is 16.8. The minimum atomic E-state index is -1.66. The van der Waals surface area contributed by atoms with Crippen LogP contribution in [0.4, 0.5) is 0 Å². The van der Waals surface area contributed by atoms with Crippen LogP contribution in [0.25, 0.3) is 0 Å². The van der Waals surface area contributed by atoms with Crippen molar-refractivity contribution in [1.82, 2.24) is 0 Å². The molecule has 0 bridgehead atoms. The Bertz CT molecular complexity index is 525. The van der Waals surface area contributed by atoms with E-state index in [1.807, 2.05) is 37.3 Å². The Hall–Kier alpha value is -1.06. The van der Waals surface area contributed by atoms with E-state index in [0.29, 0.717) is 6.61 Å². The molecular formula is C17H24O7. The van der Waals surface area contributed by atoms with Gasteiger partial charge < -0.3 is 33.9 Å². The number of hydrogen-bond acceptors (Lipinski definition) is 7. The average Bonchev–Trinajstić information content (AvgIpc) is 2.63. The molecule has 2 aliphatic rings. The predicted molar refractivity (Wildman–Crippen MR) is 83.1 cm³/mol. The summed E-state index contributed by atoms with van der Waals surface area (Å²) < 4.78 is 27.9. The minimum absolute atomic E-state index is 0.0867. The number of methoxy groups -OCH3 is 1. The Kier molecular flexibility index (Phi) is 5.51. The zero-order valence-corrected chi connectivity index (χ0v) is 13.8. The fourth-order valence-electron chi connectivity index (χ4n) is 3.13. The summed E-state index contributed by atoms with van der Waals surface area (Å²) in [5, 5.41) is 21.6. The molecule has 2 saturated heterocycles. The topological polar surface area (TPSA) is 86.6 Å². The first kappa shape index (κ1) is 17.8. The normalized spacial score (nSPS) is 39.4. The van der Waals surface area contributed by atoms with Crippen LogP contribution in [0.1, 0.15) is 18.8 Å². The van der Waals surface area contributed by atoms with E-state index in [0.717, 1.165) is 5.56 Å². The van der Waals surface area contributed by atoms with Crippen molar-refractivity contribution in [3.63, 3.8) is 0 Å². The second-order valence-corrected chi connectivity index (χ2v) is 5.98. The Labute approximate surface area is 141 Å². The van der Waals surface area contributed by atoms with Crippen LogP contribution in [0.5, 0.6) is 0 Å². The van der Waals surface area contributed by atoms with Gasteiger partial charge in [0.05, 0.1) is 13.2 Å². The molecule has 7 nitrogen and oxygen atoms in total. The largest absolute Gasteiger partial charge is 0.385 e. The van der Waals surface area contributed by atoms with Crippen molar-refractivity contribution in [2.24, 2.45) is 0 Å². The fraction of sp³-hybridized carbons (Fsp3) is 0.647. The molecule has 3 rings (SSSR count). The van der Waals surface area contributed by atoms with Crippen molar-refractivity contribution < 1.29 is 33.9 Å². The molecule has 0 amide bonds. The molecule has 24 heavy (non-hydrogen) atoms. The van der Waals surface area contributed by atoms with Gasteiger partial charge >= 0.3 is 0 Å². The molecule has 2 N–H and O–H groups in total. The average molecular weight is 340 g/mol. The quantitative estimate of drug-likeness (QED) is 0.812. The highest BCUT2D eigenvalue weighted by Gasteiger charge is 2.59. The van der Waals surface area contributed by atoms with Gasteiger partial charge in [-0.3, -0.25) is 0 Å². The van der Waals surface area contributed by atoms with Crippen molar-refractivity contribution >= 4 is 0 Å². The summed E-state index contributed by atoms with van der Waals surface area (Å²) in [4.78, 5) is 0. The van der Waals surface area contributed by atoms with Crippen LogP contribution >= 0.6 is 0 Å². The van der Waals surface area contributed by atoms with E-state index in [2.05, 4.69) is 0 Å². The van der Waals surface area contributed by atoms with Crippen molar-refractivity contribution in [2.45, 2.75) is 43.4 Å². The number of ether oxygens (including phenoxy) is 5. The summed E-state index contributed by atoms with van der Waals surface area (Å²) >= 11 is 0. The molecular weight excluding hydrogens is 316 g/mol. The maximum atomic E-state index is 11.1. The molecule has 0 spiro atoms. The van der Waals surface area contributed by atoms with E-state index < -0.39 is 36.5 Å². The maximum absolute atomic E-state index is 11.1. The molecule has 2 heterocycles. The van der Waals surface area contributed by atoms with E-state index in [9.17, 15) is 10.2 Å². The van der Waals surface area contributed by atoms with Crippen molar-refractivity contribution in [2.75, 3.05) is 26.9 Å². The van der Waals surface area contributed by atoms with Crippen molar-refractivity contribution in [1.29, 1.82) is 0 Å². The minimum Gasteiger partial charge on any atom is -0.385 e. The van der Waals surface area contributed by atoms with E-state index in [-0.39, 0.29) is 13.2 Å². The molecule has 134 valence electrons. The molecule has 0 aromatic heterocycles. The van der Waals surface area contributed by atoms with E-state index in [4.69, 9.17) is 23.7 Å². The smallest absolute Gasteiger partial charge is 0.186 e. The number of rotatable bonds is 5. The SMILES string of the molecule is CCOC[C@]1(O)[C@@H]2OC(c3ccccc3)OC[C@H]2OC(OC)[C@@H]1O. The molecule has 2 unspecified atom stereocenters. The van der Waals surface area contributed by atoms with Crippen LogP contribution in [-0.2, 0) is 23.7 Å². The molecule has 1 aromatic rings. The second-order valence-electron chi connectivity index (χ2n) is 5.98. The van der Waals surface area contributed by atoms with Gasteiger partial charge in [0.15, 0.2) is 12.6 Å². The zero-order chi connectivity index (χ0) is 17.2. The van der Waals surface area contributed by atoms with Crippen molar-refractivity contribution in [3.05, 3.63) is 35.9 Å². The number of fused-ring (bicyclic) bond motifs is 1. The second kappa shape index (κ2) is 7.45.